The summed E-state index contributed by atoms with van der Waals surface area (Å²) in [6.45, 7) is 4.66. The highest BCUT2D eigenvalue weighted by Gasteiger charge is 2.52. The van der Waals surface area contributed by atoms with Crippen LogP contribution in [0.1, 0.15) is 48.8 Å². The van der Waals surface area contributed by atoms with E-state index in [1.807, 2.05) is 0 Å². The van der Waals surface area contributed by atoms with Crippen molar-refractivity contribution in [3.05, 3.63) is 34.9 Å². The number of amides is 3. The summed E-state index contributed by atoms with van der Waals surface area (Å²) >= 11 is 0. The van der Waals surface area contributed by atoms with Gasteiger partial charge in [0.05, 0.1) is 0 Å². The molecule has 1 spiro atoms. The molecule has 0 unspecified atom stereocenters. The van der Waals surface area contributed by atoms with Gasteiger partial charge in [0.25, 0.3) is 5.91 Å². The second-order valence-corrected chi connectivity index (χ2v) is 6.36. The van der Waals surface area contributed by atoms with Gasteiger partial charge in [0, 0.05) is 6.54 Å². The maximum Gasteiger partial charge on any atom is 0.325 e. The summed E-state index contributed by atoms with van der Waals surface area (Å²) in [4.78, 5) is 26.3. The molecule has 21 heavy (non-hydrogen) atoms. The Balaban J connectivity index is 1.89. The largest absolute Gasteiger partial charge is 0.325 e. The number of imide groups is 1. The third-order valence-corrected chi connectivity index (χ3v) is 5.00. The van der Waals surface area contributed by atoms with Crippen molar-refractivity contribution in [1.82, 2.24) is 10.2 Å². The molecule has 0 bridgehead atoms. The van der Waals surface area contributed by atoms with E-state index >= 15 is 0 Å². The minimum atomic E-state index is -0.603. The molecule has 1 aromatic carbocycles. The second kappa shape index (κ2) is 5.17. The van der Waals surface area contributed by atoms with E-state index in [0.29, 0.717) is 6.54 Å². The highest BCUT2D eigenvalue weighted by Crippen LogP contribution is 2.38. The molecule has 1 aliphatic carbocycles. The van der Waals surface area contributed by atoms with Gasteiger partial charge in [-0.05, 0) is 43.4 Å². The number of rotatable bonds is 2. The van der Waals surface area contributed by atoms with Crippen molar-refractivity contribution in [1.29, 1.82) is 0 Å². The van der Waals surface area contributed by atoms with Gasteiger partial charge in [-0.25, -0.2) is 4.79 Å². The van der Waals surface area contributed by atoms with Gasteiger partial charge >= 0.3 is 6.03 Å². The Kier molecular flexibility index (Phi) is 3.47. The van der Waals surface area contributed by atoms with Crippen molar-refractivity contribution < 1.29 is 9.59 Å². The maximum atomic E-state index is 12.3. The van der Waals surface area contributed by atoms with Gasteiger partial charge in [-0.1, -0.05) is 37.5 Å². The van der Waals surface area contributed by atoms with Gasteiger partial charge in [-0.2, -0.15) is 0 Å². The average Bonchev–Trinajstić information content (AvgIpc) is 2.68. The first-order valence-electron chi connectivity index (χ1n) is 7.72. The summed E-state index contributed by atoms with van der Waals surface area (Å²) in [5.74, 6) is -0.101. The molecule has 1 aromatic rings. The lowest BCUT2D eigenvalue weighted by Crippen LogP contribution is -2.50. The third kappa shape index (κ3) is 2.33. The van der Waals surface area contributed by atoms with Gasteiger partial charge in [-0.15, -0.1) is 0 Å². The Morgan fingerprint density at radius 2 is 1.81 bits per heavy atom. The Morgan fingerprint density at radius 3 is 2.48 bits per heavy atom. The van der Waals surface area contributed by atoms with E-state index in [1.54, 1.807) is 4.90 Å². The molecule has 2 fully saturated rings. The molecule has 0 radical (unpaired) electrons. The van der Waals surface area contributed by atoms with Crippen LogP contribution in [0.4, 0.5) is 4.79 Å². The molecule has 0 aromatic heterocycles. The first kappa shape index (κ1) is 14.1. The molecule has 1 N–H and O–H groups in total. The van der Waals surface area contributed by atoms with E-state index in [0.717, 1.165) is 37.7 Å². The lowest BCUT2D eigenvalue weighted by Gasteiger charge is -2.38. The van der Waals surface area contributed by atoms with Crippen molar-refractivity contribution in [2.24, 2.45) is 0 Å². The number of hydrogen-bond donors (Lipinski definition) is 1. The van der Waals surface area contributed by atoms with Crippen LogP contribution in [-0.4, -0.2) is 22.4 Å². The summed E-state index contributed by atoms with van der Waals surface area (Å²) < 4.78 is 0. The van der Waals surface area contributed by atoms with Crippen LogP contribution >= 0.6 is 0 Å². The maximum absolute atomic E-state index is 12.3. The van der Waals surface area contributed by atoms with Crippen molar-refractivity contribution in [3.63, 3.8) is 0 Å². The van der Waals surface area contributed by atoms with E-state index < -0.39 is 5.54 Å². The predicted octanol–water partition coefficient (Wildman–Crippen LogP) is 3.06. The van der Waals surface area contributed by atoms with E-state index in [9.17, 15) is 9.59 Å². The molecular weight excluding hydrogens is 264 g/mol. The molecule has 4 heteroatoms. The lowest BCUT2D eigenvalue weighted by atomic mass is 9.80. The lowest BCUT2D eigenvalue weighted by molar-refractivity contribution is -0.128. The number of aryl methyl sites for hydroxylation is 2. The van der Waals surface area contributed by atoms with Gasteiger partial charge in [-0.3, -0.25) is 10.1 Å². The Morgan fingerprint density at radius 1 is 1.10 bits per heavy atom. The van der Waals surface area contributed by atoms with E-state index in [4.69, 9.17) is 0 Å². The number of carbonyl (C=O) groups is 2. The molecule has 3 amide bonds. The quantitative estimate of drug-likeness (QED) is 0.849. The van der Waals surface area contributed by atoms with E-state index in [-0.39, 0.29) is 11.9 Å². The van der Waals surface area contributed by atoms with Crippen molar-refractivity contribution in [3.8, 4) is 0 Å². The monoisotopic (exact) mass is 286 g/mol. The number of nitrogens with one attached hydrogen (secondary N) is 1. The molecule has 112 valence electrons. The first-order valence-corrected chi connectivity index (χ1v) is 7.72. The van der Waals surface area contributed by atoms with Gasteiger partial charge in [0.15, 0.2) is 0 Å². The molecule has 4 nitrogen and oxygen atoms in total. The topological polar surface area (TPSA) is 49.4 Å². The summed E-state index contributed by atoms with van der Waals surface area (Å²) in [6, 6.07) is 6.00. The SMILES string of the molecule is Cc1ccc(CN2C(=O)NC(=O)C23CCCCC3)cc1C. The minimum Gasteiger partial charge on any atom is -0.305 e. The van der Waals surface area contributed by atoms with Crippen molar-refractivity contribution >= 4 is 11.9 Å². The van der Waals surface area contributed by atoms with Gasteiger partial charge in [0.2, 0.25) is 0 Å². The number of benzene rings is 1. The van der Waals surface area contributed by atoms with Gasteiger partial charge in [0.1, 0.15) is 5.54 Å². The van der Waals surface area contributed by atoms with Crippen molar-refractivity contribution in [2.45, 2.75) is 58.0 Å². The summed E-state index contributed by atoms with van der Waals surface area (Å²) in [7, 11) is 0. The standard InChI is InChI=1S/C17H22N2O2/c1-12-6-7-14(10-13(12)2)11-19-16(21)18-15(20)17(19)8-4-3-5-9-17/h6-7,10H,3-5,8-9,11H2,1-2H3,(H,18,20,21). The summed E-state index contributed by atoms with van der Waals surface area (Å²) in [6.07, 6.45) is 4.76. The third-order valence-electron chi connectivity index (χ3n) is 5.00. The van der Waals surface area contributed by atoms with Crippen molar-refractivity contribution in [2.75, 3.05) is 0 Å². The predicted molar refractivity (Wildman–Crippen MR) is 80.8 cm³/mol. The number of hydrogen-bond acceptors (Lipinski definition) is 2. The number of urea groups is 1. The number of nitrogens with zero attached hydrogens (tertiary/aromatic N) is 1. The Labute approximate surface area is 125 Å². The van der Waals surface area contributed by atoms with Crippen LogP contribution in [0.5, 0.6) is 0 Å². The molecule has 1 saturated heterocycles. The smallest absolute Gasteiger partial charge is 0.305 e. The first-order chi connectivity index (χ1) is 10.0. The van der Waals surface area contributed by atoms with E-state index in [1.165, 1.54) is 11.1 Å². The van der Waals surface area contributed by atoms with Crippen LogP contribution in [0.15, 0.2) is 18.2 Å². The van der Waals surface area contributed by atoms with Gasteiger partial charge < -0.3 is 4.90 Å². The van der Waals surface area contributed by atoms with Crippen LogP contribution in [0.25, 0.3) is 0 Å². The molecule has 2 aliphatic rings. The highest BCUT2D eigenvalue weighted by atomic mass is 16.2. The summed E-state index contributed by atoms with van der Waals surface area (Å²) in [5.41, 5.74) is 2.95. The molecular formula is C17H22N2O2. The molecule has 1 saturated carbocycles. The fourth-order valence-corrected chi connectivity index (χ4v) is 3.54. The normalized spacial score (nSPS) is 21.0. The summed E-state index contributed by atoms with van der Waals surface area (Å²) in [5, 5.41) is 2.52. The zero-order valence-corrected chi connectivity index (χ0v) is 12.7. The van der Waals surface area contributed by atoms with Crippen LogP contribution in [-0.2, 0) is 11.3 Å². The fraction of sp³-hybridized carbons (Fsp3) is 0.529. The molecule has 3 rings (SSSR count). The van der Waals surface area contributed by atoms with Crippen LogP contribution in [0.3, 0.4) is 0 Å². The van der Waals surface area contributed by atoms with Crippen LogP contribution in [0.2, 0.25) is 0 Å². The molecule has 0 atom stereocenters. The molecule has 1 aliphatic heterocycles. The number of carbonyl (C=O) groups excluding carboxylic acids is 2. The van der Waals surface area contributed by atoms with Crippen LogP contribution < -0.4 is 5.32 Å². The average molecular weight is 286 g/mol. The van der Waals surface area contributed by atoms with Crippen LogP contribution in [0, 0.1) is 13.8 Å². The second-order valence-electron chi connectivity index (χ2n) is 6.36. The zero-order valence-electron chi connectivity index (χ0n) is 12.7. The Hall–Kier alpha value is -1.84. The molecule has 1 heterocycles. The minimum absolute atomic E-state index is 0.101. The zero-order chi connectivity index (χ0) is 15.0. The highest BCUT2D eigenvalue weighted by molar-refractivity contribution is 6.07. The van der Waals surface area contributed by atoms with E-state index in [2.05, 4.69) is 37.4 Å². The fourth-order valence-electron chi connectivity index (χ4n) is 3.54. The Bertz CT molecular complexity index is 588.